The van der Waals surface area contributed by atoms with Gasteiger partial charge in [-0.25, -0.2) is 4.98 Å². The average Bonchev–Trinajstić information content (AvgIpc) is 3.05. The molecule has 0 aliphatic heterocycles. The summed E-state index contributed by atoms with van der Waals surface area (Å²) in [6.45, 7) is 2.09. The van der Waals surface area contributed by atoms with Crippen LogP contribution >= 0.6 is 11.3 Å². The van der Waals surface area contributed by atoms with Gasteiger partial charge in [0.05, 0.1) is 11.7 Å². The van der Waals surface area contributed by atoms with E-state index in [2.05, 4.69) is 22.2 Å². The summed E-state index contributed by atoms with van der Waals surface area (Å²) in [7, 11) is 0. The first-order valence-electron chi connectivity index (χ1n) is 6.09. The standard InChI is InChI=1S/C13H14N4OS/c1-2-9(12-15-6-7-19-12)16-13-17-11-8(14)4-3-5-10(11)18-13/h3-7,9H,2,14H2,1H3,(H,16,17). The maximum absolute atomic E-state index is 5.87. The number of rotatable bonds is 4. The third-order valence-electron chi connectivity index (χ3n) is 2.91. The van der Waals surface area contributed by atoms with Crippen LogP contribution in [0.15, 0.2) is 34.2 Å². The number of para-hydroxylation sites is 1. The Hall–Kier alpha value is -2.08. The first-order chi connectivity index (χ1) is 9.28. The van der Waals surface area contributed by atoms with Crippen LogP contribution in [0.5, 0.6) is 0 Å². The monoisotopic (exact) mass is 274 g/mol. The molecule has 2 heterocycles. The summed E-state index contributed by atoms with van der Waals surface area (Å²) in [5, 5.41) is 6.25. The van der Waals surface area contributed by atoms with E-state index < -0.39 is 0 Å². The van der Waals surface area contributed by atoms with Crippen LogP contribution in [0, 0.1) is 0 Å². The van der Waals surface area contributed by atoms with E-state index >= 15 is 0 Å². The molecule has 6 heteroatoms. The normalized spacial score (nSPS) is 12.7. The number of oxazole rings is 1. The second-order valence-corrected chi connectivity index (χ2v) is 5.11. The van der Waals surface area contributed by atoms with Gasteiger partial charge in [-0.05, 0) is 18.6 Å². The van der Waals surface area contributed by atoms with Crippen molar-refractivity contribution in [1.29, 1.82) is 0 Å². The maximum atomic E-state index is 5.87. The molecule has 19 heavy (non-hydrogen) atoms. The smallest absolute Gasteiger partial charge is 0.296 e. The zero-order valence-corrected chi connectivity index (χ0v) is 11.3. The van der Waals surface area contributed by atoms with Gasteiger partial charge in [-0.2, -0.15) is 4.98 Å². The molecule has 0 fully saturated rings. The molecule has 3 N–H and O–H groups in total. The predicted molar refractivity (Wildman–Crippen MR) is 77.2 cm³/mol. The van der Waals surface area contributed by atoms with Gasteiger partial charge in [0.25, 0.3) is 6.01 Å². The molecular formula is C13H14N4OS. The van der Waals surface area contributed by atoms with E-state index in [1.54, 1.807) is 17.5 Å². The van der Waals surface area contributed by atoms with Crippen LogP contribution in [0.4, 0.5) is 11.7 Å². The van der Waals surface area contributed by atoms with Crippen molar-refractivity contribution in [3.63, 3.8) is 0 Å². The number of nitrogen functional groups attached to an aromatic ring is 1. The van der Waals surface area contributed by atoms with Crippen molar-refractivity contribution >= 4 is 34.1 Å². The van der Waals surface area contributed by atoms with Crippen molar-refractivity contribution in [2.75, 3.05) is 11.1 Å². The highest BCUT2D eigenvalue weighted by Gasteiger charge is 2.15. The van der Waals surface area contributed by atoms with Gasteiger partial charge < -0.3 is 15.5 Å². The number of anilines is 2. The molecule has 1 aromatic carbocycles. The van der Waals surface area contributed by atoms with Gasteiger partial charge >= 0.3 is 0 Å². The molecule has 0 saturated heterocycles. The van der Waals surface area contributed by atoms with E-state index in [9.17, 15) is 0 Å². The van der Waals surface area contributed by atoms with Crippen LogP contribution < -0.4 is 11.1 Å². The summed E-state index contributed by atoms with van der Waals surface area (Å²) in [5.74, 6) is 0. The van der Waals surface area contributed by atoms with Gasteiger partial charge in [-0.1, -0.05) is 13.0 Å². The summed E-state index contributed by atoms with van der Waals surface area (Å²) in [4.78, 5) is 8.70. The Morgan fingerprint density at radius 3 is 3.05 bits per heavy atom. The molecule has 3 rings (SSSR count). The lowest BCUT2D eigenvalue weighted by molar-refractivity contribution is 0.592. The van der Waals surface area contributed by atoms with Crippen molar-refractivity contribution in [3.8, 4) is 0 Å². The summed E-state index contributed by atoms with van der Waals surface area (Å²) in [5.41, 5.74) is 7.87. The molecule has 0 aliphatic carbocycles. The van der Waals surface area contributed by atoms with Gasteiger partial charge in [-0.15, -0.1) is 11.3 Å². The Morgan fingerprint density at radius 2 is 2.37 bits per heavy atom. The van der Waals surface area contributed by atoms with Crippen molar-refractivity contribution in [2.45, 2.75) is 19.4 Å². The minimum absolute atomic E-state index is 0.106. The highest BCUT2D eigenvalue weighted by molar-refractivity contribution is 7.09. The number of nitrogens with zero attached hydrogens (tertiary/aromatic N) is 2. The second-order valence-electron chi connectivity index (χ2n) is 4.19. The largest absolute Gasteiger partial charge is 0.423 e. The van der Waals surface area contributed by atoms with E-state index in [0.29, 0.717) is 22.8 Å². The first kappa shape index (κ1) is 12.0. The third-order valence-corrected chi connectivity index (χ3v) is 3.79. The zero-order chi connectivity index (χ0) is 13.2. The molecule has 98 valence electrons. The lowest BCUT2D eigenvalue weighted by atomic mass is 10.2. The van der Waals surface area contributed by atoms with Gasteiger partial charge in [-0.3, -0.25) is 0 Å². The first-order valence-corrected chi connectivity index (χ1v) is 6.97. The summed E-state index contributed by atoms with van der Waals surface area (Å²) in [6.07, 6.45) is 2.70. The van der Waals surface area contributed by atoms with Crippen molar-refractivity contribution in [3.05, 3.63) is 34.8 Å². The third kappa shape index (κ3) is 2.26. The Morgan fingerprint density at radius 1 is 1.47 bits per heavy atom. The second kappa shape index (κ2) is 4.89. The van der Waals surface area contributed by atoms with Gasteiger partial charge in [0.15, 0.2) is 5.58 Å². The lowest BCUT2D eigenvalue weighted by Gasteiger charge is -2.11. The number of hydrogen-bond donors (Lipinski definition) is 2. The number of thiazole rings is 1. The summed E-state index contributed by atoms with van der Waals surface area (Å²) < 4.78 is 5.65. The van der Waals surface area contributed by atoms with Gasteiger partial charge in [0, 0.05) is 11.6 Å². The summed E-state index contributed by atoms with van der Waals surface area (Å²) >= 11 is 1.62. The quantitative estimate of drug-likeness (QED) is 0.713. The van der Waals surface area contributed by atoms with Gasteiger partial charge in [0.1, 0.15) is 10.5 Å². The fourth-order valence-corrected chi connectivity index (χ4v) is 2.70. The molecule has 5 nitrogen and oxygen atoms in total. The van der Waals surface area contributed by atoms with Crippen LogP contribution in [0.3, 0.4) is 0 Å². The molecule has 0 radical (unpaired) electrons. The van der Waals surface area contributed by atoms with Crippen molar-refractivity contribution in [1.82, 2.24) is 9.97 Å². The predicted octanol–water partition coefficient (Wildman–Crippen LogP) is 3.43. The molecule has 0 spiro atoms. The molecular weight excluding hydrogens is 260 g/mol. The number of aromatic nitrogens is 2. The number of nitrogens with two attached hydrogens (primary N) is 1. The van der Waals surface area contributed by atoms with E-state index in [1.807, 2.05) is 23.6 Å². The molecule has 2 aromatic heterocycles. The van der Waals surface area contributed by atoms with Crippen LogP contribution in [0.1, 0.15) is 24.4 Å². The minimum atomic E-state index is 0.106. The van der Waals surface area contributed by atoms with Crippen LogP contribution in [0.25, 0.3) is 11.1 Å². The number of benzene rings is 1. The number of fused-ring (bicyclic) bond motifs is 1. The lowest BCUT2D eigenvalue weighted by Crippen LogP contribution is -2.09. The SMILES string of the molecule is CCC(Nc1nc2c(N)cccc2o1)c1nccs1. The maximum Gasteiger partial charge on any atom is 0.296 e. The Bertz CT molecular complexity index is 677. The van der Waals surface area contributed by atoms with Gasteiger partial charge in [0.2, 0.25) is 0 Å². The van der Waals surface area contributed by atoms with E-state index in [4.69, 9.17) is 10.2 Å². The molecule has 1 atom stereocenters. The Labute approximate surface area is 114 Å². The number of hydrogen-bond acceptors (Lipinski definition) is 6. The Kier molecular flexibility index (Phi) is 3.08. The fraction of sp³-hybridized carbons (Fsp3) is 0.231. The molecule has 3 aromatic rings. The van der Waals surface area contributed by atoms with Crippen molar-refractivity contribution < 1.29 is 4.42 Å². The molecule has 0 bridgehead atoms. The molecule has 0 aliphatic rings. The number of nitrogens with one attached hydrogen (secondary N) is 1. The zero-order valence-electron chi connectivity index (χ0n) is 10.5. The summed E-state index contributed by atoms with van der Waals surface area (Å²) in [6, 6.07) is 6.11. The van der Waals surface area contributed by atoms with Crippen LogP contribution in [0.2, 0.25) is 0 Å². The fourth-order valence-electron chi connectivity index (χ4n) is 1.93. The van der Waals surface area contributed by atoms with E-state index in [0.717, 1.165) is 11.4 Å². The highest BCUT2D eigenvalue weighted by atomic mass is 32.1. The molecule has 0 saturated carbocycles. The van der Waals surface area contributed by atoms with Crippen LogP contribution in [-0.4, -0.2) is 9.97 Å². The average molecular weight is 274 g/mol. The van der Waals surface area contributed by atoms with E-state index in [1.165, 1.54) is 0 Å². The Balaban J connectivity index is 1.90. The molecule has 1 unspecified atom stereocenters. The topological polar surface area (TPSA) is 77.0 Å². The molecule has 0 amide bonds. The van der Waals surface area contributed by atoms with Crippen molar-refractivity contribution in [2.24, 2.45) is 0 Å². The minimum Gasteiger partial charge on any atom is -0.423 e. The highest BCUT2D eigenvalue weighted by Crippen LogP contribution is 2.28. The van der Waals surface area contributed by atoms with Crippen LogP contribution in [-0.2, 0) is 0 Å². The van der Waals surface area contributed by atoms with E-state index in [-0.39, 0.29) is 6.04 Å².